The van der Waals surface area contributed by atoms with Crippen molar-refractivity contribution in [1.82, 2.24) is 9.97 Å². The first-order valence-corrected chi connectivity index (χ1v) is 6.67. The molecule has 2 aromatic rings. The maximum Gasteiger partial charge on any atom is 0.160 e. The van der Waals surface area contributed by atoms with Crippen LogP contribution in [0.5, 0.6) is 11.5 Å². The Bertz CT molecular complexity index is 617. The third-order valence-corrected chi connectivity index (χ3v) is 3.28. The minimum absolute atomic E-state index is 0.499. The highest BCUT2D eigenvalue weighted by Crippen LogP contribution is 2.27. The molecule has 1 aromatic heterocycles. The molecular weight excluding hydrogens is 268 g/mol. The number of rotatable bonds is 6. The molecule has 0 atom stereocenters. The third kappa shape index (κ3) is 3.53. The number of aromatic nitrogens is 2. The molecule has 0 saturated heterocycles. The molecule has 0 aliphatic rings. The van der Waals surface area contributed by atoms with Gasteiger partial charge in [0.15, 0.2) is 11.5 Å². The lowest BCUT2D eigenvalue weighted by atomic mass is 10.1. The van der Waals surface area contributed by atoms with Crippen LogP contribution >= 0.6 is 0 Å². The first kappa shape index (κ1) is 14.9. The molecule has 1 aromatic carbocycles. The van der Waals surface area contributed by atoms with E-state index in [1.807, 2.05) is 25.1 Å². The quantitative estimate of drug-likeness (QED) is 0.846. The van der Waals surface area contributed by atoms with E-state index in [1.54, 1.807) is 14.2 Å². The van der Waals surface area contributed by atoms with Crippen molar-refractivity contribution >= 4 is 11.6 Å². The summed E-state index contributed by atoms with van der Waals surface area (Å²) < 4.78 is 10.5. The topological polar surface area (TPSA) is 82.3 Å². The predicted molar refractivity (Wildman–Crippen MR) is 82.9 cm³/mol. The summed E-state index contributed by atoms with van der Waals surface area (Å²) in [6, 6.07) is 5.90. The second kappa shape index (κ2) is 6.78. The van der Waals surface area contributed by atoms with Crippen LogP contribution in [0.3, 0.4) is 0 Å². The lowest BCUT2D eigenvalue weighted by Gasteiger charge is -2.11. The zero-order chi connectivity index (χ0) is 15.2. The van der Waals surface area contributed by atoms with E-state index in [0.717, 1.165) is 41.4 Å². The number of nitrogen functional groups attached to an aromatic ring is 1. The maximum absolute atomic E-state index is 5.75. The van der Waals surface area contributed by atoms with Crippen molar-refractivity contribution in [1.29, 1.82) is 0 Å². The smallest absolute Gasteiger partial charge is 0.160 e. The molecule has 0 bridgehead atoms. The summed E-state index contributed by atoms with van der Waals surface area (Å²) >= 11 is 0. The molecule has 0 amide bonds. The Balaban J connectivity index is 1.99. The minimum atomic E-state index is 0.499. The molecule has 0 saturated carbocycles. The van der Waals surface area contributed by atoms with Crippen molar-refractivity contribution in [3.8, 4) is 11.5 Å². The van der Waals surface area contributed by atoms with Crippen molar-refractivity contribution in [3.05, 3.63) is 35.7 Å². The van der Waals surface area contributed by atoms with Gasteiger partial charge in [-0.15, -0.1) is 0 Å². The summed E-state index contributed by atoms with van der Waals surface area (Å²) in [6.45, 7) is 2.64. The van der Waals surface area contributed by atoms with Crippen molar-refractivity contribution in [2.75, 3.05) is 31.8 Å². The van der Waals surface area contributed by atoms with E-state index in [1.165, 1.54) is 6.33 Å². The highest BCUT2D eigenvalue weighted by Gasteiger charge is 2.06. The zero-order valence-electron chi connectivity index (χ0n) is 12.5. The number of hydrogen-bond acceptors (Lipinski definition) is 6. The second-order valence-electron chi connectivity index (χ2n) is 4.60. The molecule has 2 rings (SSSR count). The molecule has 1 heterocycles. The number of ether oxygens (including phenoxy) is 2. The Kier molecular flexibility index (Phi) is 4.81. The molecular formula is C15H20N4O2. The summed E-state index contributed by atoms with van der Waals surface area (Å²) in [4.78, 5) is 8.13. The van der Waals surface area contributed by atoms with Crippen LogP contribution in [0, 0.1) is 6.92 Å². The lowest BCUT2D eigenvalue weighted by molar-refractivity contribution is 0.354. The van der Waals surface area contributed by atoms with Crippen LogP contribution in [0.15, 0.2) is 24.5 Å². The molecule has 0 aliphatic heterocycles. The van der Waals surface area contributed by atoms with Gasteiger partial charge in [-0.3, -0.25) is 0 Å². The molecule has 0 unspecified atom stereocenters. The van der Waals surface area contributed by atoms with Crippen LogP contribution < -0.4 is 20.5 Å². The monoisotopic (exact) mass is 288 g/mol. The van der Waals surface area contributed by atoms with E-state index in [2.05, 4.69) is 15.3 Å². The van der Waals surface area contributed by atoms with Gasteiger partial charge in [0.05, 0.1) is 14.2 Å². The SMILES string of the molecule is COc1ccc(CCNc2ncnc(N)c2C)cc1OC. The molecule has 6 heteroatoms. The van der Waals surface area contributed by atoms with Crippen LogP contribution in [-0.2, 0) is 6.42 Å². The van der Waals surface area contributed by atoms with Gasteiger partial charge in [-0.25, -0.2) is 9.97 Å². The van der Waals surface area contributed by atoms with Gasteiger partial charge in [0, 0.05) is 12.1 Å². The summed E-state index contributed by atoms with van der Waals surface area (Å²) in [5.74, 6) is 2.73. The first-order valence-electron chi connectivity index (χ1n) is 6.67. The van der Waals surface area contributed by atoms with Gasteiger partial charge in [-0.2, -0.15) is 0 Å². The molecule has 0 spiro atoms. The molecule has 0 radical (unpaired) electrons. The predicted octanol–water partition coefficient (Wildman–Crippen LogP) is 2.04. The number of methoxy groups -OCH3 is 2. The van der Waals surface area contributed by atoms with Crippen LogP contribution in [0.2, 0.25) is 0 Å². The minimum Gasteiger partial charge on any atom is -0.493 e. The van der Waals surface area contributed by atoms with Crippen molar-refractivity contribution in [2.45, 2.75) is 13.3 Å². The Hall–Kier alpha value is -2.50. The van der Waals surface area contributed by atoms with E-state index in [4.69, 9.17) is 15.2 Å². The van der Waals surface area contributed by atoms with Crippen molar-refractivity contribution in [2.24, 2.45) is 0 Å². The Morgan fingerprint density at radius 2 is 1.90 bits per heavy atom. The fraction of sp³-hybridized carbons (Fsp3) is 0.333. The van der Waals surface area contributed by atoms with Gasteiger partial charge in [0.2, 0.25) is 0 Å². The number of nitrogens with two attached hydrogens (primary N) is 1. The van der Waals surface area contributed by atoms with Crippen LogP contribution in [-0.4, -0.2) is 30.7 Å². The highest BCUT2D eigenvalue weighted by atomic mass is 16.5. The number of hydrogen-bond donors (Lipinski definition) is 2. The van der Waals surface area contributed by atoms with Gasteiger partial charge in [-0.05, 0) is 31.0 Å². The second-order valence-corrected chi connectivity index (χ2v) is 4.60. The van der Waals surface area contributed by atoms with Crippen molar-refractivity contribution in [3.63, 3.8) is 0 Å². The van der Waals surface area contributed by atoms with E-state index in [9.17, 15) is 0 Å². The van der Waals surface area contributed by atoms with E-state index in [-0.39, 0.29) is 0 Å². The van der Waals surface area contributed by atoms with E-state index < -0.39 is 0 Å². The third-order valence-electron chi connectivity index (χ3n) is 3.28. The fourth-order valence-electron chi connectivity index (χ4n) is 2.00. The Morgan fingerprint density at radius 1 is 1.14 bits per heavy atom. The molecule has 6 nitrogen and oxygen atoms in total. The molecule has 21 heavy (non-hydrogen) atoms. The fourth-order valence-corrected chi connectivity index (χ4v) is 2.00. The Labute approximate surface area is 124 Å². The highest BCUT2D eigenvalue weighted by molar-refractivity contribution is 5.53. The molecule has 3 N–H and O–H groups in total. The van der Waals surface area contributed by atoms with E-state index in [0.29, 0.717) is 5.82 Å². The summed E-state index contributed by atoms with van der Waals surface area (Å²) in [6.07, 6.45) is 2.30. The van der Waals surface area contributed by atoms with Gasteiger partial charge < -0.3 is 20.5 Å². The number of benzene rings is 1. The number of nitrogens with one attached hydrogen (secondary N) is 1. The van der Waals surface area contributed by atoms with Gasteiger partial charge in [0.25, 0.3) is 0 Å². The zero-order valence-corrected chi connectivity index (χ0v) is 12.5. The summed E-state index contributed by atoms with van der Waals surface area (Å²) in [5, 5.41) is 3.27. The molecule has 112 valence electrons. The Morgan fingerprint density at radius 3 is 2.62 bits per heavy atom. The maximum atomic E-state index is 5.75. The average molecular weight is 288 g/mol. The van der Waals surface area contributed by atoms with Gasteiger partial charge in [-0.1, -0.05) is 6.07 Å². The van der Waals surface area contributed by atoms with Gasteiger partial charge >= 0.3 is 0 Å². The lowest BCUT2D eigenvalue weighted by Crippen LogP contribution is -2.09. The number of nitrogens with zero attached hydrogens (tertiary/aromatic N) is 2. The van der Waals surface area contributed by atoms with Crippen molar-refractivity contribution < 1.29 is 9.47 Å². The van der Waals surface area contributed by atoms with Gasteiger partial charge in [0.1, 0.15) is 18.0 Å². The molecule has 0 aliphatic carbocycles. The average Bonchev–Trinajstić information content (AvgIpc) is 2.51. The standard InChI is InChI=1S/C15H20N4O2/c1-10-14(16)18-9-19-15(10)17-7-6-11-4-5-12(20-2)13(8-11)21-3/h4-5,8-9H,6-7H2,1-3H3,(H3,16,17,18,19). The normalized spacial score (nSPS) is 10.2. The van der Waals surface area contributed by atoms with Crippen LogP contribution in [0.4, 0.5) is 11.6 Å². The summed E-state index contributed by atoms with van der Waals surface area (Å²) in [5.41, 5.74) is 7.77. The van der Waals surface area contributed by atoms with E-state index >= 15 is 0 Å². The van der Waals surface area contributed by atoms with Crippen LogP contribution in [0.1, 0.15) is 11.1 Å². The number of anilines is 2. The molecule has 0 fully saturated rings. The summed E-state index contributed by atoms with van der Waals surface area (Å²) in [7, 11) is 3.26. The first-order chi connectivity index (χ1) is 10.2. The largest absolute Gasteiger partial charge is 0.493 e. The van der Waals surface area contributed by atoms with Crippen LogP contribution in [0.25, 0.3) is 0 Å².